The average Bonchev–Trinajstić information content (AvgIpc) is 2.64. The zero-order valence-corrected chi connectivity index (χ0v) is 11.1. The number of nitrogens with two attached hydrogens (primary N) is 1. The van der Waals surface area contributed by atoms with Crippen LogP contribution in [0.2, 0.25) is 0 Å². The zero-order chi connectivity index (χ0) is 13.0. The van der Waals surface area contributed by atoms with Gasteiger partial charge in [-0.3, -0.25) is 0 Å². The summed E-state index contributed by atoms with van der Waals surface area (Å²) in [5, 5.41) is 0. The van der Waals surface area contributed by atoms with Gasteiger partial charge in [-0.25, -0.2) is 4.98 Å². The lowest BCUT2D eigenvalue weighted by atomic mass is 9.59. The standard InChI is InChI=1S/C15H19N3O/c1-9-17-13-3-2-10(6-14(13)18-9)15(7-19-8-15)11-4-12(16)5-11/h2-3,6,11-12H,4-5,7-8,16H2,1H3,(H,17,18). The van der Waals surface area contributed by atoms with Crippen molar-refractivity contribution in [1.82, 2.24) is 9.97 Å². The molecule has 0 unspecified atom stereocenters. The number of nitrogens with one attached hydrogen (secondary N) is 1. The van der Waals surface area contributed by atoms with Crippen molar-refractivity contribution < 1.29 is 4.74 Å². The molecule has 0 amide bonds. The van der Waals surface area contributed by atoms with E-state index in [1.165, 1.54) is 5.56 Å². The largest absolute Gasteiger partial charge is 0.379 e. The van der Waals surface area contributed by atoms with E-state index >= 15 is 0 Å². The lowest BCUT2D eigenvalue weighted by Gasteiger charge is -2.53. The van der Waals surface area contributed by atoms with Gasteiger partial charge in [-0.05, 0) is 43.4 Å². The molecule has 2 aromatic rings. The number of aryl methyl sites for hydroxylation is 1. The van der Waals surface area contributed by atoms with Gasteiger partial charge in [-0.1, -0.05) is 6.07 Å². The average molecular weight is 257 g/mol. The summed E-state index contributed by atoms with van der Waals surface area (Å²) in [6.07, 6.45) is 2.26. The zero-order valence-electron chi connectivity index (χ0n) is 11.1. The van der Waals surface area contributed by atoms with Crippen LogP contribution in [-0.2, 0) is 10.2 Å². The predicted molar refractivity (Wildman–Crippen MR) is 74.0 cm³/mol. The minimum atomic E-state index is 0.197. The van der Waals surface area contributed by atoms with Crippen molar-refractivity contribution in [2.75, 3.05) is 13.2 Å². The number of imidazole rings is 1. The van der Waals surface area contributed by atoms with Crippen LogP contribution >= 0.6 is 0 Å². The summed E-state index contributed by atoms with van der Waals surface area (Å²) < 4.78 is 5.54. The number of hydrogen-bond acceptors (Lipinski definition) is 3. The Balaban J connectivity index is 1.75. The predicted octanol–water partition coefficient (Wildman–Crippen LogP) is 1.88. The maximum atomic E-state index is 5.96. The number of rotatable bonds is 2. The van der Waals surface area contributed by atoms with Gasteiger partial charge in [0.25, 0.3) is 0 Å². The molecule has 0 atom stereocenters. The molecule has 19 heavy (non-hydrogen) atoms. The van der Waals surface area contributed by atoms with Crippen molar-refractivity contribution in [3.63, 3.8) is 0 Å². The van der Waals surface area contributed by atoms with Gasteiger partial charge in [0.05, 0.1) is 24.2 Å². The van der Waals surface area contributed by atoms with Crippen LogP contribution in [0, 0.1) is 12.8 Å². The van der Waals surface area contributed by atoms with Gasteiger partial charge in [-0.2, -0.15) is 0 Å². The van der Waals surface area contributed by atoms with Gasteiger partial charge in [0.1, 0.15) is 5.82 Å². The molecule has 100 valence electrons. The van der Waals surface area contributed by atoms with Crippen LogP contribution in [0.25, 0.3) is 11.0 Å². The van der Waals surface area contributed by atoms with Crippen molar-refractivity contribution in [3.8, 4) is 0 Å². The quantitative estimate of drug-likeness (QED) is 0.863. The minimum absolute atomic E-state index is 0.197. The van der Waals surface area contributed by atoms with E-state index in [2.05, 4.69) is 28.2 Å². The van der Waals surface area contributed by atoms with Gasteiger partial charge in [0.2, 0.25) is 0 Å². The molecule has 4 rings (SSSR count). The maximum Gasteiger partial charge on any atom is 0.104 e. The normalized spacial score (nSPS) is 28.9. The Morgan fingerprint density at radius 3 is 2.79 bits per heavy atom. The van der Waals surface area contributed by atoms with Gasteiger partial charge in [0.15, 0.2) is 0 Å². The first-order chi connectivity index (χ1) is 9.17. The molecule has 1 aromatic heterocycles. The Hall–Kier alpha value is -1.39. The number of aromatic amines is 1. The number of fused-ring (bicyclic) bond motifs is 1. The fraction of sp³-hybridized carbons (Fsp3) is 0.533. The fourth-order valence-electron chi connectivity index (χ4n) is 3.52. The van der Waals surface area contributed by atoms with E-state index in [0.717, 1.165) is 42.9 Å². The number of hydrogen-bond donors (Lipinski definition) is 2. The van der Waals surface area contributed by atoms with E-state index < -0.39 is 0 Å². The number of nitrogens with zero attached hydrogens (tertiary/aromatic N) is 1. The highest BCUT2D eigenvalue weighted by Gasteiger charge is 2.51. The smallest absolute Gasteiger partial charge is 0.104 e. The molecule has 4 nitrogen and oxygen atoms in total. The minimum Gasteiger partial charge on any atom is -0.379 e. The van der Waals surface area contributed by atoms with E-state index in [-0.39, 0.29) is 5.41 Å². The summed E-state index contributed by atoms with van der Waals surface area (Å²) in [5.74, 6) is 1.65. The molecule has 2 heterocycles. The maximum absolute atomic E-state index is 5.96. The van der Waals surface area contributed by atoms with Crippen LogP contribution in [0.15, 0.2) is 18.2 Å². The summed E-state index contributed by atoms with van der Waals surface area (Å²) >= 11 is 0. The molecule has 2 fully saturated rings. The van der Waals surface area contributed by atoms with Crippen molar-refractivity contribution in [2.24, 2.45) is 11.7 Å². The second-order valence-electron chi connectivity index (χ2n) is 6.13. The first kappa shape index (κ1) is 11.4. The Kier molecular flexibility index (Phi) is 2.29. The van der Waals surface area contributed by atoms with E-state index in [0.29, 0.717) is 12.0 Å². The second-order valence-corrected chi connectivity index (χ2v) is 6.13. The highest BCUT2D eigenvalue weighted by molar-refractivity contribution is 5.76. The summed E-state index contributed by atoms with van der Waals surface area (Å²) in [6.45, 7) is 3.67. The lowest BCUT2D eigenvalue weighted by molar-refractivity contribution is -0.111. The first-order valence-corrected chi connectivity index (χ1v) is 6.97. The Bertz CT molecular complexity index is 623. The SMILES string of the molecule is Cc1nc2ccc(C3(C4CC(N)C4)COC3)cc2[nH]1. The molecule has 1 aliphatic heterocycles. The van der Waals surface area contributed by atoms with Crippen LogP contribution in [0.3, 0.4) is 0 Å². The summed E-state index contributed by atoms with van der Waals surface area (Å²) in [5.41, 5.74) is 9.71. The number of H-pyrrole nitrogens is 1. The Labute approximate surface area is 112 Å². The van der Waals surface area contributed by atoms with Gasteiger partial charge in [-0.15, -0.1) is 0 Å². The molecule has 2 aliphatic rings. The third-order valence-electron chi connectivity index (χ3n) is 4.85. The molecular formula is C15H19N3O. The summed E-state index contributed by atoms with van der Waals surface area (Å²) in [7, 11) is 0. The molecule has 1 aliphatic carbocycles. The van der Waals surface area contributed by atoms with E-state index in [4.69, 9.17) is 10.5 Å². The number of ether oxygens (including phenoxy) is 1. The van der Waals surface area contributed by atoms with Crippen molar-refractivity contribution in [1.29, 1.82) is 0 Å². The van der Waals surface area contributed by atoms with Gasteiger partial charge in [0, 0.05) is 11.5 Å². The molecule has 1 saturated heterocycles. The third-order valence-corrected chi connectivity index (χ3v) is 4.85. The molecule has 0 spiro atoms. The highest BCUT2D eigenvalue weighted by atomic mass is 16.5. The topological polar surface area (TPSA) is 63.9 Å². The number of aromatic nitrogens is 2. The van der Waals surface area contributed by atoms with Gasteiger partial charge >= 0.3 is 0 Å². The van der Waals surface area contributed by atoms with Crippen molar-refractivity contribution in [3.05, 3.63) is 29.6 Å². The van der Waals surface area contributed by atoms with Gasteiger partial charge < -0.3 is 15.5 Å². The fourth-order valence-corrected chi connectivity index (χ4v) is 3.52. The molecule has 4 heteroatoms. The van der Waals surface area contributed by atoms with E-state index in [1.54, 1.807) is 0 Å². The molecule has 1 aromatic carbocycles. The first-order valence-electron chi connectivity index (χ1n) is 6.97. The highest BCUT2D eigenvalue weighted by Crippen LogP contribution is 2.48. The Morgan fingerprint density at radius 1 is 1.37 bits per heavy atom. The molecule has 0 bridgehead atoms. The third kappa shape index (κ3) is 1.56. The van der Waals surface area contributed by atoms with Crippen LogP contribution in [-0.4, -0.2) is 29.2 Å². The Morgan fingerprint density at radius 2 is 2.16 bits per heavy atom. The van der Waals surface area contributed by atoms with Crippen molar-refractivity contribution in [2.45, 2.75) is 31.2 Å². The summed E-state index contributed by atoms with van der Waals surface area (Å²) in [6, 6.07) is 6.98. The van der Waals surface area contributed by atoms with Crippen molar-refractivity contribution >= 4 is 11.0 Å². The molecule has 0 radical (unpaired) electrons. The van der Waals surface area contributed by atoms with E-state index in [1.807, 2.05) is 6.92 Å². The summed E-state index contributed by atoms with van der Waals surface area (Å²) in [4.78, 5) is 7.79. The van der Waals surface area contributed by atoms with Crippen LogP contribution < -0.4 is 5.73 Å². The molecule has 1 saturated carbocycles. The number of benzene rings is 1. The lowest BCUT2D eigenvalue weighted by Crippen LogP contribution is -2.58. The van der Waals surface area contributed by atoms with Crippen LogP contribution in [0.1, 0.15) is 24.2 Å². The van der Waals surface area contributed by atoms with Crippen LogP contribution in [0.4, 0.5) is 0 Å². The van der Waals surface area contributed by atoms with Crippen LogP contribution in [0.5, 0.6) is 0 Å². The van der Waals surface area contributed by atoms with E-state index in [9.17, 15) is 0 Å². The monoisotopic (exact) mass is 257 g/mol. The molecule has 3 N–H and O–H groups in total. The molecular weight excluding hydrogens is 238 g/mol. The second kappa shape index (κ2) is 3.81.